The highest BCUT2D eigenvalue weighted by atomic mass is 32.1. The molecule has 0 unspecified atom stereocenters. The summed E-state index contributed by atoms with van der Waals surface area (Å²) in [7, 11) is 2.14. The van der Waals surface area contributed by atoms with Crippen molar-refractivity contribution in [3.8, 4) is 11.5 Å². The number of nitrogens with zero attached hydrogens (tertiary/aromatic N) is 2. The summed E-state index contributed by atoms with van der Waals surface area (Å²) in [6, 6.07) is 6.16. The van der Waals surface area contributed by atoms with Crippen molar-refractivity contribution in [1.29, 1.82) is 0 Å². The molecular formula is C16H18N2O2S. The number of fused-ring (bicyclic) bond motifs is 1. The highest BCUT2D eigenvalue weighted by Crippen LogP contribution is 2.41. The van der Waals surface area contributed by atoms with Crippen molar-refractivity contribution in [2.45, 2.75) is 31.8 Å². The molecule has 0 bridgehead atoms. The lowest BCUT2D eigenvalue weighted by molar-refractivity contribution is 0.174. The van der Waals surface area contributed by atoms with Crippen LogP contribution in [0.1, 0.15) is 34.2 Å². The van der Waals surface area contributed by atoms with Gasteiger partial charge in [-0.3, -0.25) is 4.90 Å². The molecule has 1 saturated carbocycles. The Hall–Kier alpha value is -1.59. The van der Waals surface area contributed by atoms with Crippen LogP contribution in [-0.2, 0) is 13.1 Å². The highest BCUT2D eigenvalue weighted by Gasteiger charge is 2.26. The van der Waals surface area contributed by atoms with E-state index in [9.17, 15) is 0 Å². The molecule has 5 heteroatoms. The van der Waals surface area contributed by atoms with E-state index < -0.39 is 0 Å². The predicted octanol–water partition coefficient (Wildman–Crippen LogP) is 3.38. The third kappa shape index (κ3) is 2.89. The van der Waals surface area contributed by atoms with Crippen LogP contribution in [0.15, 0.2) is 24.4 Å². The van der Waals surface area contributed by atoms with Gasteiger partial charge in [-0.05, 0) is 37.6 Å². The van der Waals surface area contributed by atoms with Crippen LogP contribution in [0.25, 0.3) is 0 Å². The van der Waals surface area contributed by atoms with Crippen molar-refractivity contribution >= 4 is 11.3 Å². The van der Waals surface area contributed by atoms with E-state index in [-0.39, 0.29) is 0 Å². The maximum absolute atomic E-state index is 5.43. The summed E-state index contributed by atoms with van der Waals surface area (Å²) in [6.07, 6.45) is 4.68. The van der Waals surface area contributed by atoms with E-state index in [1.165, 1.54) is 28.3 Å². The minimum atomic E-state index is 0.333. The normalized spacial score (nSPS) is 16.7. The summed E-state index contributed by atoms with van der Waals surface area (Å²) < 4.78 is 10.8. The van der Waals surface area contributed by atoms with Crippen LogP contribution < -0.4 is 9.47 Å². The van der Waals surface area contributed by atoms with Gasteiger partial charge in [0.25, 0.3) is 0 Å². The topological polar surface area (TPSA) is 34.6 Å². The van der Waals surface area contributed by atoms with Crippen LogP contribution in [0.3, 0.4) is 0 Å². The molecule has 4 rings (SSSR count). The lowest BCUT2D eigenvalue weighted by Crippen LogP contribution is -2.16. The van der Waals surface area contributed by atoms with Crippen molar-refractivity contribution in [3.63, 3.8) is 0 Å². The molecule has 2 heterocycles. The van der Waals surface area contributed by atoms with Gasteiger partial charge in [0.15, 0.2) is 11.5 Å². The van der Waals surface area contributed by atoms with Gasteiger partial charge in [0, 0.05) is 30.1 Å². The van der Waals surface area contributed by atoms with Gasteiger partial charge in [0.05, 0.1) is 5.01 Å². The van der Waals surface area contributed by atoms with E-state index in [1.807, 2.05) is 23.6 Å². The Bertz CT molecular complexity index is 651. The zero-order chi connectivity index (χ0) is 14.2. The van der Waals surface area contributed by atoms with Gasteiger partial charge >= 0.3 is 0 Å². The van der Waals surface area contributed by atoms with E-state index in [0.29, 0.717) is 6.79 Å². The molecule has 0 saturated heterocycles. The Morgan fingerprint density at radius 1 is 1.24 bits per heavy atom. The molecule has 0 spiro atoms. The molecule has 110 valence electrons. The number of benzene rings is 1. The van der Waals surface area contributed by atoms with Crippen LogP contribution in [0, 0.1) is 0 Å². The van der Waals surface area contributed by atoms with Crippen LogP contribution in [0.2, 0.25) is 0 Å². The van der Waals surface area contributed by atoms with Crippen LogP contribution in [-0.4, -0.2) is 23.7 Å². The average Bonchev–Trinajstić information content (AvgIpc) is 3.04. The number of aromatic nitrogens is 1. The number of thiazole rings is 1. The summed E-state index contributed by atoms with van der Waals surface area (Å²) in [5.74, 6) is 2.45. The Kier molecular flexibility index (Phi) is 3.31. The smallest absolute Gasteiger partial charge is 0.231 e. The first-order valence-corrected chi connectivity index (χ1v) is 8.11. The van der Waals surface area contributed by atoms with Crippen LogP contribution in [0.4, 0.5) is 0 Å². The number of hydrogen-bond donors (Lipinski definition) is 0. The Morgan fingerprint density at radius 2 is 2.10 bits per heavy atom. The lowest BCUT2D eigenvalue weighted by Gasteiger charge is -2.15. The van der Waals surface area contributed by atoms with Gasteiger partial charge in [-0.15, -0.1) is 11.3 Å². The third-order valence-corrected chi connectivity index (χ3v) is 4.96. The van der Waals surface area contributed by atoms with Crippen molar-refractivity contribution in [3.05, 3.63) is 39.8 Å². The zero-order valence-electron chi connectivity index (χ0n) is 12.0. The van der Waals surface area contributed by atoms with Crippen molar-refractivity contribution in [2.75, 3.05) is 13.8 Å². The third-order valence-electron chi connectivity index (χ3n) is 3.81. The Morgan fingerprint density at radius 3 is 2.95 bits per heavy atom. The van der Waals surface area contributed by atoms with Gasteiger partial charge in [-0.2, -0.15) is 0 Å². The highest BCUT2D eigenvalue weighted by molar-refractivity contribution is 7.11. The summed E-state index contributed by atoms with van der Waals surface area (Å²) >= 11 is 1.87. The minimum absolute atomic E-state index is 0.333. The molecule has 0 amide bonds. The first-order valence-electron chi connectivity index (χ1n) is 7.29. The monoisotopic (exact) mass is 302 g/mol. The second-order valence-electron chi connectivity index (χ2n) is 5.80. The summed E-state index contributed by atoms with van der Waals surface area (Å²) in [5.41, 5.74) is 1.24. The second kappa shape index (κ2) is 5.31. The Balaban J connectivity index is 1.39. The van der Waals surface area contributed by atoms with E-state index >= 15 is 0 Å². The molecule has 0 atom stereocenters. The molecule has 1 aliphatic carbocycles. The fourth-order valence-electron chi connectivity index (χ4n) is 2.59. The van der Waals surface area contributed by atoms with Crippen LogP contribution in [0.5, 0.6) is 11.5 Å². The van der Waals surface area contributed by atoms with Gasteiger partial charge < -0.3 is 9.47 Å². The molecule has 1 aromatic carbocycles. The second-order valence-corrected chi connectivity index (χ2v) is 6.95. The summed E-state index contributed by atoms with van der Waals surface area (Å²) in [5, 5.41) is 1.32. The van der Waals surface area contributed by atoms with E-state index in [4.69, 9.17) is 9.47 Å². The summed E-state index contributed by atoms with van der Waals surface area (Å²) in [6.45, 7) is 2.17. The molecule has 4 nitrogen and oxygen atoms in total. The molecule has 1 aromatic heterocycles. The first kappa shape index (κ1) is 13.1. The van der Waals surface area contributed by atoms with Gasteiger partial charge in [0.2, 0.25) is 6.79 Å². The average molecular weight is 302 g/mol. The molecular weight excluding hydrogens is 284 g/mol. The standard InChI is InChI=1S/C16H18N2O2S/c1-18(9-13-7-17-16(21-13)12-3-4-12)8-11-2-5-14-15(6-11)20-10-19-14/h2,5-7,12H,3-4,8-10H2,1H3. The van der Waals surface area contributed by atoms with Crippen molar-refractivity contribution < 1.29 is 9.47 Å². The molecule has 21 heavy (non-hydrogen) atoms. The van der Waals surface area contributed by atoms with E-state index in [2.05, 4.69) is 29.1 Å². The molecule has 0 N–H and O–H groups in total. The lowest BCUT2D eigenvalue weighted by atomic mass is 10.2. The number of ether oxygens (including phenoxy) is 2. The van der Waals surface area contributed by atoms with E-state index in [1.54, 1.807) is 0 Å². The fourth-order valence-corrected chi connectivity index (χ4v) is 3.75. The quantitative estimate of drug-likeness (QED) is 0.848. The first-order chi connectivity index (χ1) is 10.3. The Labute approximate surface area is 128 Å². The SMILES string of the molecule is CN(Cc1ccc2c(c1)OCO2)Cc1cnc(C2CC2)s1. The maximum atomic E-state index is 5.43. The zero-order valence-corrected chi connectivity index (χ0v) is 12.9. The van der Waals surface area contributed by atoms with Crippen molar-refractivity contribution in [2.24, 2.45) is 0 Å². The number of rotatable bonds is 5. The van der Waals surface area contributed by atoms with E-state index in [0.717, 1.165) is 30.5 Å². The molecule has 2 aromatic rings. The molecule has 1 fully saturated rings. The van der Waals surface area contributed by atoms with Gasteiger partial charge in [0.1, 0.15) is 0 Å². The fraction of sp³-hybridized carbons (Fsp3) is 0.438. The summed E-state index contributed by atoms with van der Waals surface area (Å²) in [4.78, 5) is 8.20. The minimum Gasteiger partial charge on any atom is -0.454 e. The van der Waals surface area contributed by atoms with Gasteiger partial charge in [-0.25, -0.2) is 4.98 Å². The van der Waals surface area contributed by atoms with Gasteiger partial charge in [-0.1, -0.05) is 6.07 Å². The largest absolute Gasteiger partial charge is 0.454 e. The molecule has 1 aliphatic heterocycles. The van der Waals surface area contributed by atoms with Crippen molar-refractivity contribution in [1.82, 2.24) is 9.88 Å². The predicted molar refractivity (Wildman–Crippen MR) is 81.8 cm³/mol. The number of hydrogen-bond acceptors (Lipinski definition) is 5. The molecule has 2 aliphatic rings. The maximum Gasteiger partial charge on any atom is 0.231 e. The molecule has 0 radical (unpaired) electrons. The van der Waals surface area contributed by atoms with Crippen LogP contribution >= 0.6 is 11.3 Å².